The van der Waals surface area contributed by atoms with Gasteiger partial charge in [-0.3, -0.25) is 0 Å². The summed E-state index contributed by atoms with van der Waals surface area (Å²) in [6, 6.07) is 39.6. The molecule has 0 saturated heterocycles. The summed E-state index contributed by atoms with van der Waals surface area (Å²) in [5.74, 6) is 0. The van der Waals surface area contributed by atoms with Crippen molar-refractivity contribution in [3.05, 3.63) is 126 Å². The Bertz CT molecular complexity index is 1360. The molecule has 0 unspecified atom stereocenters. The van der Waals surface area contributed by atoms with Gasteiger partial charge in [0.05, 0.1) is 5.69 Å². The molecule has 0 saturated carbocycles. The molecule has 0 aromatic heterocycles. The molecule has 154 valence electrons. The Labute approximate surface area is 189 Å². The van der Waals surface area contributed by atoms with Gasteiger partial charge in [-0.25, -0.2) is 0 Å². The molecule has 1 heteroatoms. The first-order valence-electron chi connectivity index (χ1n) is 11.3. The van der Waals surface area contributed by atoms with Crippen molar-refractivity contribution in [3.8, 4) is 22.3 Å². The fourth-order valence-electron chi connectivity index (χ4n) is 5.17. The first-order chi connectivity index (χ1) is 15.8. The Kier molecular flexibility index (Phi) is 4.54. The lowest BCUT2D eigenvalue weighted by molar-refractivity contribution is 0.786. The Morgan fingerprint density at radius 3 is 1.84 bits per heavy atom. The van der Waals surface area contributed by atoms with Crippen LogP contribution in [-0.2, 0) is 13.1 Å². The topological polar surface area (TPSA) is 3.24 Å². The molecule has 5 aromatic rings. The summed E-state index contributed by atoms with van der Waals surface area (Å²) >= 11 is 0. The van der Waals surface area contributed by atoms with Gasteiger partial charge in [0.1, 0.15) is 0 Å². The summed E-state index contributed by atoms with van der Waals surface area (Å²) < 4.78 is 0. The van der Waals surface area contributed by atoms with E-state index in [-0.39, 0.29) is 0 Å². The van der Waals surface area contributed by atoms with Crippen molar-refractivity contribution in [2.45, 2.75) is 20.0 Å². The Morgan fingerprint density at radius 2 is 1.19 bits per heavy atom. The SMILES string of the molecule is Cc1ccc2cccc3c2c1CN(c1c(-c2ccccc2)cccc1-c1ccccc1)C3. The Morgan fingerprint density at radius 1 is 0.562 bits per heavy atom. The highest BCUT2D eigenvalue weighted by atomic mass is 15.1. The lowest BCUT2D eigenvalue weighted by Gasteiger charge is -2.35. The molecule has 0 bridgehead atoms. The minimum atomic E-state index is 0.914. The Balaban J connectivity index is 1.59. The first-order valence-corrected chi connectivity index (χ1v) is 11.3. The molecule has 0 aliphatic carbocycles. The van der Waals surface area contributed by atoms with Gasteiger partial charge in [-0.15, -0.1) is 0 Å². The van der Waals surface area contributed by atoms with Crippen LogP contribution in [0.15, 0.2) is 109 Å². The van der Waals surface area contributed by atoms with E-state index in [9.17, 15) is 0 Å². The molecule has 1 aliphatic heterocycles. The summed E-state index contributed by atoms with van der Waals surface area (Å²) in [4.78, 5) is 2.58. The molecule has 0 radical (unpaired) electrons. The maximum Gasteiger partial charge on any atom is 0.0531 e. The maximum absolute atomic E-state index is 2.58. The van der Waals surface area contributed by atoms with E-state index in [0.717, 1.165) is 13.1 Å². The highest BCUT2D eigenvalue weighted by molar-refractivity contribution is 5.95. The van der Waals surface area contributed by atoms with Crippen LogP contribution >= 0.6 is 0 Å². The summed E-state index contributed by atoms with van der Waals surface area (Å²) in [6.07, 6.45) is 0. The molecule has 1 heterocycles. The summed E-state index contributed by atoms with van der Waals surface area (Å²) in [7, 11) is 0. The third-order valence-electron chi connectivity index (χ3n) is 6.71. The number of nitrogens with zero attached hydrogens (tertiary/aromatic N) is 1. The number of para-hydroxylation sites is 1. The molecule has 0 fully saturated rings. The van der Waals surface area contributed by atoms with Gasteiger partial charge >= 0.3 is 0 Å². The van der Waals surface area contributed by atoms with Crippen molar-refractivity contribution in [1.82, 2.24) is 0 Å². The van der Waals surface area contributed by atoms with Crippen molar-refractivity contribution >= 4 is 16.5 Å². The quantitative estimate of drug-likeness (QED) is 0.291. The summed E-state index contributed by atoms with van der Waals surface area (Å²) in [6.45, 7) is 4.08. The molecular formula is C31H25N. The number of hydrogen-bond donors (Lipinski definition) is 0. The van der Waals surface area contributed by atoms with Gasteiger partial charge in [-0.1, -0.05) is 109 Å². The molecule has 0 N–H and O–H groups in total. The lowest BCUT2D eigenvalue weighted by atomic mass is 9.89. The fraction of sp³-hybridized carbons (Fsp3) is 0.0968. The monoisotopic (exact) mass is 411 g/mol. The van der Waals surface area contributed by atoms with Crippen LogP contribution in [0.1, 0.15) is 16.7 Å². The fourth-order valence-corrected chi connectivity index (χ4v) is 5.17. The van der Waals surface area contributed by atoms with Crippen LogP contribution in [0.25, 0.3) is 33.0 Å². The van der Waals surface area contributed by atoms with E-state index < -0.39 is 0 Å². The van der Waals surface area contributed by atoms with Crippen molar-refractivity contribution in [3.63, 3.8) is 0 Å². The minimum absolute atomic E-state index is 0.914. The molecule has 6 rings (SSSR count). The molecular weight excluding hydrogens is 386 g/mol. The predicted octanol–water partition coefficient (Wildman–Crippen LogP) is 8.00. The normalized spacial score (nSPS) is 12.8. The van der Waals surface area contributed by atoms with Crippen LogP contribution < -0.4 is 4.90 Å². The zero-order valence-electron chi connectivity index (χ0n) is 18.3. The number of benzene rings is 5. The number of anilines is 1. The zero-order valence-corrected chi connectivity index (χ0v) is 18.3. The molecule has 1 nitrogen and oxygen atoms in total. The van der Waals surface area contributed by atoms with Gasteiger partial charge in [-0.2, -0.15) is 0 Å². The van der Waals surface area contributed by atoms with E-state index in [0.29, 0.717) is 0 Å². The van der Waals surface area contributed by atoms with E-state index in [4.69, 9.17) is 0 Å². The van der Waals surface area contributed by atoms with Crippen LogP contribution in [0.5, 0.6) is 0 Å². The van der Waals surface area contributed by atoms with E-state index in [1.165, 1.54) is 55.4 Å². The van der Waals surface area contributed by atoms with Crippen LogP contribution in [0, 0.1) is 6.92 Å². The van der Waals surface area contributed by atoms with Crippen LogP contribution in [0.2, 0.25) is 0 Å². The second kappa shape index (κ2) is 7.69. The van der Waals surface area contributed by atoms with Gasteiger partial charge < -0.3 is 4.90 Å². The van der Waals surface area contributed by atoms with Crippen molar-refractivity contribution < 1.29 is 0 Å². The molecule has 0 atom stereocenters. The standard InChI is InChI=1S/C31H25N/c1-22-18-19-25-14-8-15-26-20-32(21-29(22)30(25)26)31-27(23-10-4-2-5-11-23)16-9-17-28(31)24-12-6-3-7-13-24/h2-19H,20-21H2,1H3. The predicted molar refractivity (Wildman–Crippen MR) is 136 cm³/mol. The number of hydrogen-bond acceptors (Lipinski definition) is 1. The van der Waals surface area contributed by atoms with Crippen LogP contribution in [0.4, 0.5) is 5.69 Å². The number of aryl methyl sites for hydroxylation is 1. The zero-order chi connectivity index (χ0) is 21.5. The highest BCUT2D eigenvalue weighted by Gasteiger charge is 2.24. The largest absolute Gasteiger partial charge is 0.362 e. The molecule has 5 aromatic carbocycles. The van der Waals surface area contributed by atoms with Gasteiger partial charge in [0, 0.05) is 24.2 Å². The van der Waals surface area contributed by atoms with Crippen LogP contribution in [-0.4, -0.2) is 0 Å². The third-order valence-corrected chi connectivity index (χ3v) is 6.71. The van der Waals surface area contributed by atoms with E-state index in [1.54, 1.807) is 0 Å². The van der Waals surface area contributed by atoms with Crippen molar-refractivity contribution in [1.29, 1.82) is 0 Å². The lowest BCUT2D eigenvalue weighted by Crippen LogP contribution is -2.27. The molecule has 0 spiro atoms. The van der Waals surface area contributed by atoms with E-state index in [1.807, 2.05) is 0 Å². The molecule has 1 aliphatic rings. The van der Waals surface area contributed by atoms with Crippen molar-refractivity contribution in [2.24, 2.45) is 0 Å². The number of rotatable bonds is 3. The van der Waals surface area contributed by atoms with Gasteiger partial charge in [-0.05, 0) is 45.5 Å². The summed E-state index contributed by atoms with van der Waals surface area (Å²) in [5.41, 5.74) is 10.6. The average molecular weight is 412 g/mol. The smallest absolute Gasteiger partial charge is 0.0531 e. The molecule has 0 amide bonds. The highest BCUT2D eigenvalue weighted by Crippen LogP contribution is 2.43. The van der Waals surface area contributed by atoms with Crippen LogP contribution in [0.3, 0.4) is 0 Å². The molecule has 32 heavy (non-hydrogen) atoms. The average Bonchev–Trinajstić information content (AvgIpc) is 2.86. The van der Waals surface area contributed by atoms with Gasteiger partial charge in [0.2, 0.25) is 0 Å². The van der Waals surface area contributed by atoms with Gasteiger partial charge in [0.15, 0.2) is 0 Å². The second-order valence-electron chi connectivity index (χ2n) is 8.67. The van der Waals surface area contributed by atoms with Crippen molar-refractivity contribution in [2.75, 3.05) is 4.90 Å². The first kappa shape index (κ1) is 18.9. The second-order valence-corrected chi connectivity index (χ2v) is 8.67. The Hall–Kier alpha value is -3.84. The minimum Gasteiger partial charge on any atom is -0.362 e. The van der Waals surface area contributed by atoms with Gasteiger partial charge in [0.25, 0.3) is 0 Å². The summed E-state index contributed by atoms with van der Waals surface area (Å²) in [5, 5.41) is 2.80. The maximum atomic E-state index is 2.58. The van der Waals surface area contributed by atoms with E-state index >= 15 is 0 Å². The van der Waals surface area contributed by atoms with E-state index in [2.05, 4.69) is 121 Å². The third kappa shape index (κ3) is 3.09.